The molecule has 21 heavy (non-hydrogen) atoms. The van der Waals surface area contributed by atoms with Crippen LogP contribution in [0.25, 0.3) is 0 Å². The fourth-order valence-corrected chi connectivity index (χ4v) is 1.82. The van der Waals surface area contributed by atoms with Gasteiger partial charge >= 0.3 is 0 Å². The van der Waals surface area contributed by atoms with Crippen molar-refractivity contribution in [2.24, 2.45) is 0 Å². The summed E-state index contributed by atoms with van der Waals surface area (Å²) in [7, 11) is 6.91. The number of nitrogens with one attached hydrogen (secondary N) is 1. The molecule has 1 aromatic heterocycles. The summed E-state index contributed by atoms with van der Waals surface area (Å²) >= 11 is 0. The average Bonchev–Trinajstić information content (AvgIpc) is 2.46. The molecule has 0 bridgehead atoms. The molecular weight excluding hydrogens is 270 g/mol. The van der Waals surface area contributed by atoms with Crippen LogP contribution >= 0.6 is 0 Å². The number of methoxy groups -OCH3 is 1. The molecule has 0 saturated carbocycles. The number of rotatable bonds is 8. The Morgan fingerprint density at radius 1 is 1.38 bits per heavy atom. The third-order valence-corrected chi connectivity index (χ3v) is 2.93. The van der Waals surface area contributed by atoms with E-state index in [-0.39, 0.29) is 5.91 Å². The maximum atomic E-state index is 12.0. The fourth-order valence-electron chi connectivity index (χ4n) is 1.82. The summed E-state index contributed by atoms with van der Waals surface area (Å²) in [6, 6.07) is 1.84. The second-order valence-corrected chi connectivity index (χ2v) is 4.92. The van der Waals surface area contributed by atoms with Gasteiger partial charge in [0.15, 0.2) is 5.82 Å². The van der Waals surface area contributed by atoms with E-state index in [4.69, 9.17) is 4.74 Å². The van der Waals surface area contributed by atoms with Gasteiger partial charge < -0.3 is 19.9 Å². The SMILES string of the molecule is CCCN(CC(=O)N(C)C)c1cc(NC)nc(COC)n1. The lowest BCUT2D eigenvalue weighted by Gasteiger charge is -2.25. The van der Waals surface area contributed by atoms with Crippen LogP contribution in [-0.4, -0.2) is 62.1 Å². The monoisotopic (exact) mass is 295 g/mol. The Hall–Kier alpha value is -1.89. The number of hydrogen-bond donors (Lipinski definition) is 1. The zero-order chi connectivity index (χ0) is 15.8. The van der Waals surface area contributed by atoms with Crippen molar-refractivity contribution in [3.05, 3.63) is 11.9 Å². The van der Waals surface area contributed by atoms with E-state index in [1.165, 1.54) is 0 Å². The summed E-state index contributed by atoms with van der Waals surface area (Å²) in [5.74, 6) is 2.09. The molecule has 1 aromatic rings. The highest BCUT2D eigenvalue weighted by atomic mass is 16.5. The second kappa shape index (κ2) is 8.41. The molecule has 0 aliphatic carbocycles. The summed E-state index contributed by atoms with van der Waals surface area (Å²) < 4.78 is 5.09. The first-order chi connectivity index (χ1) is 10.0. The topological polar surface area (TPSA) is 70.6 Å². The molecule has 0 aromatic carbocycles. The molecule has 0 aliphatic rings. The molecule has 1 N–H and O–H groups in total. The van der Waals surface area contributed by atoms with Crippen LogP contribution < -0.4 is 10.2 Å². The summed E-state index contributed by atoms with van der Waals surface area (Å²) in [4.78, 5) is 24.3. The van der Waals surface area contributed by atoms with E-state index in [1.807, 2.05) is 11.0 Å². The van der Waals surface area contributed by atoms with Gasteiger partial charge in [-0.2, -0.15) is 0 Å². The predicted molar refractivity (Wildman–Crippen MR) is 83.5 cm³/mol. The summed E-state index contributed by atoms with van der Waals surface area (Å²) in [5.41, 5.74) is 0. The van der Waals surface area contributed by atoms with Crippen molar-refractivity contribution in [1.29, 1.82) is 0 Å². The molecule has 118 valence electrons. The Balaban J connectivity index is 3.05. The third kappa shape index (κ3) is 5.18. The summed E-state index contributed by atoms with van der Waals surface area (Å²) in [6.07, 6.45) is 0.930. The maximum Gasteiger partial charge on any atom is 0.241 e. The van der Waals surface area contributed by atoms with E-state index in [2.05, 4.69) is 22.2 Å². The van der Waals surface area contributed by atoms with Crippen molar-refractivity contribution in [1.82, 2.24) is 14.9 Å². The molecule has 0 radical (unpaired) electrons. The van der Waals surface area contributed by atoms with Gasteiger partial charge in [-0.25, -0.2) is 9.97 Å². The standard InChI is InChI=1S/C14H25N5O2/c1-6-7-19(9-14(20)18(3)4)13-8-11(15-2)16-12(17-13)10-21-5/h8H,6-7,9-10H2,1-5H3,(H,15,16,17). The zero-order valence-electron chi connectivity index (χ0n) is 13.5. The molecule has 7 heteroatoms. The molecule has 0 unspecified atom stereocenters. The third-order valence-electron chi connectivity index (χ3n) is 2.93. The van der Waals surface area contributed by atoms with Crippen LogP contribution in [0.15, 0.2) is 6.07 Å². The number of carbonyl (C=O) groups excluding carboxylic acids is 1. The summed E-state index contributed by atoms with van der Waals surface area (Å²) in [6.45, 7) is 3.47. The Labute approximate surface area is 126 Å². The Bertz CT molecular complexity index is 465. The quantitative estimate of drug-likeness (QED) is 0.770. The van der Waals surface area contributed by atoms with Crippen molar-refractivity contribution in [2.45, 2.75) is 20.0 Å². The van der Waals surface area contributed by atoms with Gasteiger partial charge in [-0.15, -0.1) is 0 Å². The number of aromatic nitrogens is 2. The lowest BCUT2D eigenvalue weighted by Crippen LogP contribution is -2.37. The van der Waals surface area contributed by atoms with Crippen molar-refractivity contribution in [3.63, 3.8) is 0 Å². The molecule has 0 saturated heterocycles. The van der Waals surface area contributed by atoms with Gasteiger partial charge in [-0.05, 0) is 6.42 Å². The Morgan fingerprint density at radius 2 is 2.10 bits per heavy atom. The number of nitrogens with zero attached hydrogens (tertiary/aromatic N) is 4. The van der Waals surface area contributed by atoms with Crippen LogP contribution in [0.4, 0.5) is 11.6 Å². The van der Waals surface area contributed by atoms with Crippen molar-refractivity contribution in [3.8, 4) is 0 Å². The Kier molecular flexibility index (Phi) is 6.87. The minimum Gasteiger partial charge on any atom is -0.377 e. The van der Waals surface area contributed by atoms with Crippen molar-refractivity contribution < 1.29 is 9.53 Å². The van der Waals surface area contributed by atoms with Gasteiger partial charge in [0.2, 0.25) is 5.91 Å². The van der Waals surface area contributed by atoms with Gasteiger partial charge in [0.1, 0.15) is 18.2 Å². The van der Waals surface area contributed by atoms with E-state index in [0.717, 1.165) is 18.8 Å². The smallest absolute Gasteiger partial charge is 0.241 e. The molecule has 1 heterocycles. The molecule has 1 amide bonds. The van der Waals surface area contributed by atoms with E-state index in [0.29, 0.717) is 24.8 Å². The summed E-state index contributed by atoms with van der Waals surface area (Å²) in [5, 5.41) is 3.01. The van der Waals surface area contributed by atoms with E-state index in [1.54, 1.807) is 33.2 Å². The molecule has 7 nitrogen and oxygen atoms in total. The first-order valence-electron chi connectivity index (χ1n) is 7.01. The number of hydrogen-bond acceptors (Lipinski definition) is 6. The average molecular weight is 295 g/mol. The van der Waals surface area contributed by atoms with E-state index < -0.39 is 0 Å². The van der Waals surface area contributed by atoms with Crippen molar-refractivity contribution in [2.75, 3.05) is 51.6 Å². The highest BCUT2D eigenvalue weighted by Gasteiger charge is 2.15. The molecular formula is C14H25N5O2. The van der Waals surface area contributed by atoms with Crippen LogP contribution in [-0.2, 0) is 16.1 Å². The molecule has 0 aliphatic heterocycles. The largest absolute Gasteiger partial charge is 0.377 e. The first-order valence-corrected chi connectivity index (χ1v) is 7.01. The van der Waals surface area contributed by atoms with E-state index in [9.17, 15) is 4.79 Å². The maximum absolute atomic E-state index is 12.0. The van der Waals surface area contributed by atoms with Crippen LogP contribution in [0, 0.1) is 0 Å². The van der Waals surface area contributed by atoms with Gasteiger partial charge in [0.25, 0.3) is 0 Å². The van der Waals surface area contributed by atoms with Crippen LogP contribution in [0.2, 0.25) is 0 Å². The van der Waals surface area contributed by atoms with Gasteiger partial charge in [0, 0.05) is 40.9 Å². The molecule has 1 rings (SSSR count). The van der Waals surface area contributed by atoms with Crippen LogP contribution in [0.5, 0.6) is 0 Å². The van der Waals surface area contributed by atoms with E-state index >= 15 is 0 Å². The number of anilines is 2. The molecule has 0 atom stereocenters. The fraction of sp³-hybridized carbons (Fsp3) is 0.643. The lowest BCUT2D eigenvalue weighted by molar-refractivity contribution is -0.127. The first kappa shape index (κ1) is 17.2. The zero-order valence-corrected chi connectivity index (χ0v) is 13.5. The predicted octanol–water partition coefficient (Wildman–Crippen LogP) is 0.969. The Morgan fingerprint density at radius 3 is 2.62 bits per heavy atom. The minimum absolute atomic E-state index is 0.0429. The van der Waals surface area contributed by atoms with Gasteiger partial charge in [-0.3, -0.25) is 4.79 Å². The van der Waals surface area contributed by atoms with Crippen LogP contribution in [0.3, 0.4) is 0 Å². The normalized spacial score (nSPS) is 10.3. The highest BCUT2D eigenvalue weighted by molar-refractivity contribution is 5.80. The minimum atomic E-state index is 0.0429. The molecule has 0 spiro atoms. The lowest BCUT2D eigenvalue weighted by atomic mass is 10.3. The second-order valence-electron chi connectivity index (χ2n) is 4.92. The number of ether oxygens (including phenoxy) is 1. The van der Waals surface area contributed by atoms with Crippen molar-refractivity contribution >= 4 is 17.5 Å². The van der Waals surface area contributed by atoms with Crippen LogP contribution in [0.1, 0.15) is 19.2 Å². The molecule has 0 fully saturated rings. The van der Waals surface area contributed by atoms with Gasteiger partial charge in [-0.1, -0.05) is 6.92 Å². The number of likely N-dealkylation sites (N-methyl/N-ethyl adjacent to an activating group) is 1. The highest BCUT2D eigenvalue weighted by Crippen LogP contribution is 2.16. The number of amides is 1. The number of carbonyl (C=O) groups is 1. The van der Waals surface area contributed by atoms with Gasteiger partial charge in [0.05, 0.1) is 6.54 Å².